The Labute approximate surface area is 411 Å². The average molecular weight is 1130 g/mol. The maximum Gasteiger partial charge on any atom is 0.490 e. The van der Waals surface area contributed by atoms with Crippen LogP contribution in [-0.2, 0) is 71.2 Å². The van der Waals surface area contributed by atoms with Gasteiger partial charge in [-0.3, -0.25) is 42.3 Å². The molecule has 13 N–H and O–H groups in total. The van der Waals surface area contributed by atoms with Gasteiger partial charge in [0.05, 0.1) is 51.9 Å². The van der Waals surface area contributed by atoms with Crippen LogP contribution in [0.1, 0.15) is 18.7 Å². The van der Waals surface area contributed by atoms with Gasteiger partial charge in [-0.15, -0.1) is 0 Å². The fraction of sp³-hybridized carbons (Fsp3) is 0.576. The van der Waals surface area contributed by atoms with E-state index in [2.05, 4.69) is 38.6 Å². The van der Waals surface area contributed by atoms with Crippen LogP contribution in [0, 0.1) is 5.92 Å². The van der Waals surface area contributed by atoms with Crippen molar-refractivity contribution in [1.29, 1.82) is 0 Å². The van der Waals surface area contributed by atoms with Crippen molar-refractivity contribution in [1.82, 2.24) is 48.7 Å². The number of anilines is 2. The summed E-state index contributed by atoms with van der Waals surface area (Å²) in [6.07, 6.45) is -11.2. The maximum absolute atomic E-state index is 13.6. The number of hydrogen-bond acceptors (Lipinski definition) is 27. The van der Waals surface area contributed by atoms with Crippen LogP contribution in [0.4, 0.5) is 11.8 Å². The Kier molecular flexibility index (Phi) is 16.1. The van der Waals surface area contributed by atoms with E-state index in [4.69, 9.17) is 48.7 Å². The van der Waals surface area contributed by atoms with Crippen LogP contribution in [0.5, 0.6) is 0 Å². The second kappa shape index (κ2) is 21.4. The van der Waals surface area contributed by atoms with Gasteiger partial charge in [0.2, 0.25) is 26.3 Å². The summed E-state index contributed by atoms with van der Waals surface area (Å²) in [7, 11) is -19.5. The number of aliphatic hydroxyl groups is 3. The summed E-state index contributed by atoms with van der Waals surface area (Å²) in [5.41, 5.74) is 9.31. The number of H-pyrrole nitrogens is 2. The number of phosphoric ester groups is 2. The van der Waals surface area contributed by atoms with E-state index in [1.54, 1.807) is 0 Å². The first kappa shape index (κ1) is 55.6. The van der Waals surface area contributed by atoms with Crippen LogP contribution in [0.25, 0.3) is 22.3 Å². The summed E-state index contributed by atoms with van der Waals surface area (Å²) in [6.45, 7) is -3.44. The summed E-state index contributed by atoms with van der Waals surface area (Å²) in [4.78, 5) is 102. The highest BCUT2D eigenvalue weighted by molar-refractivity contribution is 7.66. The molecule has 3 fully saturated rings. The number of hydrogen-bond donors (Lipinski definition) is 11. The first-order valence-corrected chi connectivity index (χ1v) is 27.2. The molecule has 5 aromatic rings. The highest BCUT2D eigenvalue weighted by Gasteiger charge is 2.52. The number of aromatic amines is 2. The Bertz CT molecular complexity index is 3270. The lowest BCUT2D eigenvalue weighted by atomic mass is 9.99. The van der Waals surface area contributed by atoms with Crippen molar-refractivity contribution in [3.63, 3.8) is 0 Å². The van der Waals surface area contributed by atoms with Crippen molar-refractivity contribution >= 4 is 65.3 Å². The van der Waals surface area contributed by atoms with Gasteiger partial charge >= 0.3 is 34.7 Å². The van der Waals surface area contributed by atoms with Crippen LogP contribution in [0.15, 0.2) is 45.6 Å². The molecule has 408 valence electrons. The van der Waals surface area contributed by atoms with Crippen LogP contribution < -0.4 is 42.8 Å². The number of imidazole rings is 2. The number of fused-ring (bicyclic) bond motifs is 2. The molecular formula is C33H47N13O24P4. The first-order valence-electron chi connectivity index (χ1n) is 21.2. The van der Waals surface area contributed by atoms with E-state index in [9.17, 15) is 67.5 Å². The standard InChI is InChI=1S/C33H47N13O24P4/c1-43-12-46(27-20(43)28(51)41-32(35)40-27)29-21(48)13(6-61-2)14(66-29)7-64-72(55,56)69-74(59,60)70-73(57,58)65-8-15-18(24(62-3)31(67-15)45-11-38-19-25(34)36-10-37-26(19)45)42-71(53,54)63-9-16-22(49)23(50)30(68-16)44-5-4-17(47)39-33(44)52/h4-5,10-16,18,21-24,29-31,48-50H,6-9H2,1-3H3,(H10-,34,35,36,37,39,40,41,42,47,51,52,53,54,55,56,57,58,59,60)/t13-,14-,15-,16-,18-,21-,22-,23-,24-,29-,30-,31-/m1/s1. The van der Waals surface area contributed by atoms with Crippen molar-refractivity contribution < 1.29 is 104 Å². The molecule has 4 unspecified atom stereocenters. The third-order valence-corrected chi connectivity index (χ3v) is 17.0. The Morgan fingerprint density at radius 3 is 2.08 bits per heavy atom. The van der Waals surface area contributed by atoms with Gasteiger partial charge in [-0.2, -0.15) is 18.2 Å². The van der Waals surface area contributed by atoms with Crippen molar-refractivity contribution in [2.24, 2.45) is 13.0 Å². The van der Waals surface area contributed by atoms with Crippen LogP contribution in [0.3, 0.4) is 0 Å². The smallest absolute Gasteiger partial charge is 0.490 e. The lowest BCUT2D eigenvalue weighted by Crippen LogP contribution is -2.47. The van der Waals surface area contributed by atoms with Gasteiger partial charge in [-0.1, -0.05) is 0 Å². The fourth-order valence-electron chi connectivity index (χ4n) is 8.39. The Balaban J connectivity index is 0.939. The van der Waals surface area contributed by atoms with E-state index in [-0.39, 0.29) is 40.7 Å². The highest BCUT2D eigenvalue weighted by Crippen LogP contribution is 2.68. The summed E-state index contributed by atoms with van der Waals surface area (Å²) in [5.74, 6) is -1.39. The molecule has 0 aromatic carbocycles. The number of ether oxygens (including phenoxy) is 5. The molecule has 3 aliphatic heterocycles. The second-order valence-corrected chi connectivity index (χ2v) is 22.6. The van der Waals surface area contributed by atoms with E-state index >= 15 is 0 Å². The zero-order chi connectivity index (χ0) is 53.8. The average Bonchev–Trinajstić information content (AvgIpc) is 4.10. The van der Waals surface area contributed by atoms with Gasteiger partial charge in [-0.25, -0.2) is 43.1 Å². The van der Waals surface area contributed by atoms with Gasteiger partial charge in [0, 0.05) is 32.4 Å². The molecule has 0 saturated carbocycles. The van der Waals surface area contributed by atoms with Gasteiger partial charge in [0.25, 0.3) is 16.7 Å². The van der Waals surface area contributed by atoms with Crippen molar-refractivity contribution in [2.45, 2.75) is 67.5 Å². The zero-order valence-electron chi connectivity index (χ0n) is 38.2. The molecule has 3 saturated heterocycles. The number of nitrogens with one attached hydrogen (secondary N) is 3. The van der Waals surface area contributed by atoms with Crippen molar-refractivity contribution in [2.75, 3.05) is 52.1 Å². The Morgan fingerprint density at radius 1 is 0.784 bits per heavy atom. The zero-order valence-corrected chi connectivity index (χ0v) is 41.8. The number of rotatable bonds is 21. The molecule has 41 heteroatoms. The minimum absolute atomic E-state index is 0.0209. The number of phosphoric acid groups is 3. The lowest BCUT2D eigenvalue weighted by molar-refractivity contribution is -0.646. The van der Waals surface area contributed by atoms with Gasteiger partial charge < -0.3 is 74.6 Å². The number of nitrogen functional groups attached to an aromatic ring is 2. The molecule has 8 rings (SSSR count). The van der Waals surface area contributed by atoms with Gasteiger partial charge in [-0.05, 0) is 0 Å². The Morgan fingerprint density at radius 2 is 1.42 bits per heavy atom. The molecule has 0 radical (unpaired) electrons. The predicted molar refractivity (Wildman–Crippen MR) is 237 cm³/mol. The van der Waals surface area contributed by atoms with E-state index in [1.165, 1.54) is 34.2 Å². The summed E-state index contributed by atoms with van der Waals surface area (Å²) < 4.78 is 109. The molecule has 37 nitrogen and oxygen atoms in total. The van der Waals surface area contributed by atoms with Gasteiger partial charge in [0.15, 0.2) is 23.9 Å². The molecule has 8 heterocycles. The number of aromatic nitrogens is 10. The predicted octanol–water partition coefficient (Wildman–Crippen LogP) is -5.03. The monoisotopic (exact) mass is 1130 g/mol. The highest BCUT2D eigenvalue weighted by atomic mass is 31.3. The topological polar surface area (TPSA) is 522 Å². The third kappa shape index (κ3) is 11.7. The van der Waals surface area contributed by atoms with Crippen molar-refractivity contribution in [3.05, 3.63) is 62.4 Å². The summed E-state index contributed by atoms with van der Waals surface area (Å²) in [5, 5.41) is 34.6. The minimum atomic E-state index is -6.17. The molecule has 5 aromatic heterocycles. The number of aliphatic hydroxyl groups excluding tert-OH is 3. The van der Waals surface area contributed by atoms with E-state index in [0.29, 0.717) is 0 Å². The molecule has 0 bridgehead atoms. The molecule has 0 spiro atoms. The summed E-state index contributed by atoms with van der Waals surface area (Å²) in [6, 6.07) is -0.788. The van der Waals surface area contributed by atoms with E-state index < -0.39 is 141 Å². The molecule has 3 aliphatic rings. The second-order valence-electron chi connectivity index (χ2n) is 16.5. The third-order valence-electron chi connectivity index (χ3n) is 11.6. The largest absolute Gasteiger partial charge is 0.766 e. The minimum Gasteiger partial charge on any atom is -0.766 e. The number of nitrogens with zero attached hydrogens (tertiary/aromatic N) is 8. The first-order chi connectivity index (χ1) is 34.7. The van der Waals surface area contributed by atoms with E-state index in [0.717, 1.165) is 36.6 Å². The van der Waals surface area contributed by atoms with Crippen molar-refractivity contribution in [3.8, 4) is 0 Å². The molecule has 74 heavy (non-hydrogen) atoms. The van der Waals surface area contributed by atoms with Crippen LogP contribution in [0.2, 0.25) is 0 Å². The maximum atomic E-state index is 13.6. The molecular weight excluding hydrogens is 1090 g/mol. The van der Waals surface area contributed by atoms with Crippen LogP contribution >= 0.6 is 31.2 Å². The molecule has 0 aliphatic carbocycles. The summed E-state index contributed by atoms with van der Waals surface area (Å²) >= 11 is 0. The normalized spacial score (nSPS) is 30.6. The lowest BCUT2D eigenvalue weighted by Gasteiger charge is -2.32. The number of nitrogens with two attached hydrogens (primary N) is 2. The molecule has 0 amide bonds. The van der Waals surface area contributed by atoms with Gasteiger partial charge in [0.1, 0.15) is 48.5 Å². The number of methoxy groups -OCH3 is 2. The quantitative estimate of drug-likeness (QED) is 0.0242. The van der Waals surface area contributed by atoms with Crippen LogP contribution in [-0.4, -0.2) is 163 Å². The SMILES string of the molecule is COC[C@H]1[C@@H](O)[C@H](n2c[n+](C)c3c(=O)[nH]c(N)nc32)O[C@@H]1COP(=O)(O)OP(=O)(O)OP(=O)(O)OC[C@H]1O[C@@H](n2cnc3c(N)ncnc32)[C@H](OC)[C@@H]1NP(=O)([O-])OC[C@H]1O[C@@H](n2ccc(=O)[nH]c2=O)[C@H](O)[C@@H]1O. The molecule has 16 atom stereocenters. The fourth-order valence-corrected chi connectivity index (χ4v) is 13.0. The van der Waals surface area contributed by atoms with E-state index in [1.807, 2.05) is 4.98 Å². The number of aryl methyl sites for hydroxylation is 1. The Hall–Kier alpha value is -4.62.